The van der Waals surface area contributed by atoms with Crippen molar-refractivity contribution in [3.8, 4) is 33.9 Å². The molecular weight excluding hydrogens is 692 g/mol. The van der Waals surface area contributed by atoms with Crippen molar-refractivity contribution >= 4 is 54.5 Å². The second kappa shape index (κ2) is 12.2. The van der Waals surface area contributed by atoms with Gasteiger partial charge in [-0.15, -0.1) is 0 Å². The van der Waals surface area contributed by atoms with Crippen LogP contribution >= 0.6 is 0 Å². The SMILES string of the molecule is N=c1ccc2c(-c3cccc(C(=O)NCCc4cc(O)c(O)cc4[N+](=O)[O-])c3C(=O)O)c3ccc(N)c(S(=O)(=O)[O-])c3oc-2c1S(=O)(=O)O. The van der Waals surface area contributed by atoms with E-state index in [4.69, 9.17) is 15.6 Å². The molecule has 254 valence electrons. The van der Waals surface area contributed by atoms with E-state index in [0.29, 0.717) is 6.07 Å². The number of rotatable bonds is 9. The van der Waals surface area contributed by atoms with Crippen molar-refractivity contribution in [1.29, 1.82) is 5.41 Å². The van der Waals surface area contributed by atoms with Gasteiger partial charge in [0.1, 0.15) is 15.0 Å². The van der Waals surface area contributed by atoms with Crippen molar-refractivity contribution in [2.24, 2.45) is 0 Å². The lowest BCUT2D eigenvalue weighted by atomic mass is 9.88. The smallest absolute Gasteiger partial charge is 0.337 e. The molecule has 1 heterocycles. The predicted molar refractivity (Wildman–Crippen MR) is 166 cm³/mol. The number of fused-ring (bicyclic) bond motifs is 2. The number of benzene rings is 4. The van der Waals surface area contributed by atoms with Crippen LogP contribution in [0.5, 0.6) is 11.5 Å². The molecule has 0 radical (unpaired) electrons. The number of aromatic hydroxyl groups is 2. The summed E-state index contributed by atoms with van der Waals surface area (Å²) in [6.07, 6.45) is -0.255. The number of phenolic OH excluding ortho intramolecular Hbond substituents is 2. The van der Waals surface area contributed by atoms with Crippen LogP contribution in [0.25, 0.3) is 33.4 Å². The second-order valence-corrected chi connectivity index (χ2v) is 13.0. The van der Waals surface area contributed by atoms with Gasteiger partial charge in [-0.2, -0.15) is 8.42 Å². The largest absolute Gasteiger partial charge is 0.744 e. The van der Waals surface area contributed by atoms with E-state index < -0.39 is 97.5 Å². The summed E-state index contributed by atoms with van der Waals surface area (Å²) in [5.41, 5.74) is 1.57. The van der Waals surface area contributed by atoms with Gasteiger partial charge < -0.3 is 35.3 Å². The summed E-state index contributed by atoms with van der Waals surface area (Å²) in [7, 11) is -10.7. The Hall–Kier alpha value is -6.09. The van der Waals surface area contributed by atoms with E-state index in [1.54, 1.807) is 0 Å². The first-order valence-corrected chi connectivity index (χ1v) is 16.3. The van der Waals surface area contributed by atoms with Gasteiger partial charge in [0.2, 0.25) is 0 Å². The Bertz CT molecular complexity index is 2510. The number of nitrogen functional groups attached to an aromatic ring is 1. The number of nitro groups is 1. The highest BCUT2D eigenvalue weighted by atomic mass is 32.2. The number of anilines is 1. The van der Waals surface area contributed by atoms with E-state index in [0.717, 1.165) is 36.4 Å². The van der Waals surface area contributed by atoms with Gasteiger partial charge in [-0.25, -0.2) is 13.2 Å². The minimum atomic E-state index is -5.46. The summed E-state index contributed by atoms with van der Waals surface area (Å²) in [5.74, 6) is -4.97. The molecule has 3 aromatic carbocycles. The number of carbonyl (C=O) groups is 2. The number of nitrogens with two attached hydrogens (primary N) is 1. The number of amides is 1. The Morgan fingerprint density at radius 3 is 2.27 bits per heavy atom. The molecule has 20 heteroatoms. The highest BCUT2D eigenvalue weighted by molar-refractivity contribution is 7.86. The van der Waals surface area contributed by atoms with Crippen LogP contribution in [0.4, 0.5) is 11.4 Å². The van der Waals surface area contributed by atoms with Crippen LogP contribution in [-0.4, -0.2) is 64.6 Å². The van der Waals surface area contributed by atoms with E-state index >= 15 is 0 Å². The van der Waals surface area contributed by atoms with Gasteiger partial charge in [0.25, 0.3) is 21.7 Å². The number of hydrogen-bond donors (Lipinski definition) is 7. The zero-order chi connectivity index (χ0) is 36.2. The summed E-state index contributed by atoms with van der Waals surface area (Å²) in [5, 5.41) is 50.6. The maximum absolute atomic E-state index is 13.4. The van der Waals surface area contributed by atoms with Gasteiger partial charge in [-0.05, 0) is 48.4 Å². The maximum atomic E-state index is 13.4. The lowest BCUT2D eigenvalue weighted by Crippen LogP contribution is -2.28. The van der Waals surface area contributed by atoms with Crippen molar-refractivity contribution < 1.29 is 60.2 Å². The molecule has 18 nitrogen and oxygen atoms in total. The van der Waals surface area contributed by atoms with E-state index in [-0.39, 0.29) is 40.6 Å². The molecule has 49 heavy (non-hydrogen) atoms. The standard InChI is InChI=1S/C29H22N4O14S2/c30-17-6-4-14-22(15-5-7-18(31)27(49(44,45)46)25(15)47-24(14)26(17)48(41,42)43)13-2-1-3-16(23(13)29(37)38)28(36)32-9-8-12-10-20(34)21(35)11-19(12)33(39)40/h1-7,10-11,30,34-35H,8-9,31H2,(H,32,36)(H,37,38)(H,41,42,43)(H,44,45,46)/p-1. The molecule has 1 amide bonds. The minimum Gasteiger partial charge on any atom is -0.744 e. The van der Waals surface area contributed by atoms with Crippen LogP contribution in [0.2, 0.25) is 0 Å². The third-order valence-corrected chi connectivity index (χ3v) is 9.19. The average Bonchev–Trinajstić information content (AvgIpc) is 2.99. The van der Waals surface area contributed by atoms with E-state index in [1.165, 1.54) is 12.1 Å². The zero-order valence-electron chi connectivity index (χ0n) is 24.3. The number of carboxylic acids is 1. The molecule has 0 unspecified atom stereocenters. The monoisotopic (exact) mass is 713 g/mol. The Labute approximate surface area is 274 Å². The molecule has 2 aliphatic rings. The van der Waals surface area contributed by atoms with Crippen molar-refractivity contribution in [2.45, 2.75) is 16.2 Å². The number of nitrogens with zero attached hydrogens (tertiary/aromatic N) is 1. The van der Waals surface area contributed by atoms with Crippen LogP contribution in [0, 0.1) is 15.5 Å². The minimum absolute atomic E-state index is 0.0782. The van der Waals surface area contributed by atoms with Gasteiger partial charge in [0.15, 0.2) is 27.7 Å². The van der Waals surface area contributed by atoms with Crippen molar-refractivity contribution in [3.63, 3.8) is 0 Å². The fourth-order valence-corrected chi connectivity index (χ4v) is 6.82. The fraction of sp³-hybridized carbons (Fsp3) is 0.0690. The molecule has 0 spiro atoms. The fourth-order valence-electron chi connectivity index (χ4n) is 5.35. The van der Waals surface area contributed by atoms with Gasteiger partial charge in [0.05, 0.1) is 33.2 Å². The van der Waals surface area contributed by atoms with Crippen LogP contribution in [0.15, 0.2) is 68.8 Å². The van der Waals surface area contributed by atoms with E-state index in [2.05, 4.69) is 5.32 Å². The Morgan fingerprint density at radius 2 is 1.65 bits per heavy atom. The van der Waals surface area contributed by atoms with Gasteiger partial charge in [-0.3, -0.25) is 24.9 Å². The van der Waals surface area contributed by atoms with Crippen LogP contribution in [0.3, 0.4) is 0 Å². The zero-order valence-corrected chi connectivity index (χ0v) is 26.0. The molecule has 0 fully saturated rings. The van der Waals surface area contributed by atoms with Crippen LogP contribution < -0.4 is 16.4 Å². The number of nitrogens with one attached hydrogen (secondary N) is 2. The van der Waals surface area contributed by atoms with Gasteiger partial charge in [-0.1, -0.05) is 12.1 Å². The number of aromatic carboxylic acids is 1. The molecule has 1 aliphatic carbocycles. The third-order valence-electron chi connectivity index (χ3n) is 7.35. The number of phenols is 2. The second-order valence-electron chi connectivity index (χ2n) is 10.4. The predicted octanol–water partition coefficient (Wildman–Crippen LogP) is 2.41. The van der Waals surface area contributed by atoms with Crippen LogP contribution in [0.1, 0.15) is 26.3 Å². The molecular formula is C29H21N4O14S2-. The van der Waals surface area contributed by atoms with Crippen molar-refractivity contribution in [1.82, 2.24) is 5.32 Å². The number of hydrogen-bond acceptors (Lipinski definition) is 14. The Balaban J connectivity index is 1.74. The Morgan fingerprint density at radius 1 is 0.980 bits per heavy atom. The summed E-state index contributed by atoms with van der Waals surface area (Å²) >= 11 is 0. The topological polar surface area (TPSA) is 325 Å². The van der Waals surface area contributed by atoms with Crippen molar-refractivity contribution in [3.05, 3.63) is 86.8 Å². The van der Waals surface area contributed by atoms with E-state index in [9.17, 15) is 61.0 Å². The normalized spacial score (nSPS) is 11.9. The lowest BCUT2D eigenvalue weighted by molar-refractivity contribution is -0.385. The highest BCUT2D eigenvalue weighted by Gasteiger charge is 2.32. The Kier molecular flexibility index (Phi) is 8.51. The molecule has 1 aliphatic heterocycles. The molecule has 0 aromatic heterocycles. The maximum Gasteiger partial charge on any atom is 0.337 e. The quantitative estimate of drug-likeness (QED) is 0.0288. The van der Waals surface area contributed by atoms with Crippen LogP contribution in [-0.2, 0) is 26.7 Å². The summed E-state index contributed by atoms with van der Waals surface area (Å²) < 4.78 is 77.2. The van der Waals surface area contributed by atoms with E-state index in [1.807, 2.05) is 0 Å². The summed E-state index contributed by atoms with van der Waals surface area (Å²) in [6, 6.07) is 9.34. The van der Waals surface area contributed by atoms with Crippen molar-refractivity contribution in [2.75, 3.05) is 12.3 Å². The molecule has 5 rings (SSSR count). The first-order chi connectivity index (χ1) is 22.8. The van der Waals surface area contributed by atoms with Gasteiger partial charge >= 0.3 is 5.97 Å². The number of carbonyl (C=O) groups excluding carboxylic acids is 1. The molecule has 8 N–H and O–H groups in total. The molecule has 0 bridgehead atoms. The molecule has 0 saturated heterocycles. The molecule has 3 aromatic rings. The first-order valence-electron chi connectivity index (χ1n) is 13.5. The molecule has 0 saturated carbocycles. The highest BCUT2D eigenvalue weighted by Crippen LogP contribution is 2.46. The number of nitro benzene ring substituents is 1. The molecule has 0 atom stereocenters. The summed E-state index contributed by atoms with van der Waals surface area (Å²) in [6.45, 7) is -0.336. The number of carboxylic acid groups (broad SMARTS) is 1. The third kappa shape index (κ3) is 6.18. The first kappa shape index (κ1) is 34.3. The van der Waals surface area contributed by atoms with Gasteiger partial charge in [0, 0.05) is 28.6 Å². The summed E-state index contributed by atoms with van der Waals surface area (Å²) in [4.78, 5) is 34.4. The lowest BCUT2D eigenvalue weighted by Gasteiger charge is -2.21. The average molecular weight is 714 g/mol.